The Hall–Kier alpha value is -1.70. The molecular weight excluding hydrogens is 316 g/mol. The van der Waals surface area contributed by atoms with E-state index in [9.17, 15) is 13.2 Å². The fourth-order valence-corrected chi connectivity index (χ4v) is 4.43. The van der Waals surface area contributed by atoms with E-state index >= 15 is 0 Å². The number of unbranched alkanes of at least 4 members (excludes halogenated alkanes) is 1. The molecule has 2 rings (SSSR count). The van der Waals surface area contributed by atoms with Crippen molar-refractivity contribution in [3.05, 3.63) is 18.1 Å². The summed E-state index contributed by atoms with van der Waals surface area (Å²) in [6, 6.07) is 1.37. The summed E-state index contributed by atoms with van der Waals surface area (Å²) in [7, 11) is -3.03. The monoisotopic (exact) mass is 340 g/mol. The number of sulfone groups is 1. The molecule has 1 unspecified atom stereocenters. The lowest BCUT2D eigenvalue weighted by Crippen LogP contribution is -2.41. The van der Waals surface area contributed by atoms with Crippen LogP contribution in [0.15, 0.2) is 12.4 Å². The molecular formula is C15H24N4O3S. The summed E-state index contributed by atoms with van der Waals surface area (Å²) in [6.45, 7) is 5.21. The van der Waals surface area contributed by atoms with Crippen LogP contribution in [-0.2, 0) is 9.84 Å². The Morgan fingerprint density at radius 1 is 1.39 bits per heavy atom. The fourth-order valence-electron chi connectivity index (χ4n) is 2.70. The minimum absolute atomic E-state index is 0.0409. The maximum atomic E-state index is 12.7. The predicted molar refractivity (Wildman–Crippen MR) is 89.2 cm³/mol. The molecule has 1 saturated heterocycles. The molecule has 1 N–H and O–H groups in total. The Balaban J connectivity index is 2.10. The number of aromatic nitrogens is 2. The zero-order valence-corrected chi connectivity index (χ0v) is 14.5. The van der Waals surface area contributed by atoms with Gasteiger partial charge in [-0.3, -0.25) is 4.79 Å². The molecule has 1 amide bonds. The average molecular weight is 340 g/mol. The zero-order valence-electron chi connectivity index (χ0n) is 13.7. The lowest BCUT2D eigenvalue weighted by atomic mass is 10.2. The first kappa shape index (κ1) is 17.7. The Kier molecular flexibility index (Phi) is 5.92. The van der Waals surface area contributed by atoms with Crippen molar-refractivity contribution in [3.8, 4) is 0 Å². The molecule has 1 aliphatic rings. The summed E-state index contributed by atoms with van der Waals surface area (Å²) in [4.78, 5) is 22.4. The molecule has 1 aromatic rings. The van der Waals surface area contributed by atoms with Gasteiger partial charge in [-0.1, -0.05) is 13.3 Å². The van der Waals surface area contributed by atoms with Gasteiger partial charge in [-0.05, 0) is 19.8 Å². The van der Waals surface area contributed by atoms with E-state index in [0.29, 0.717) is 24.5 Å². The van der Waals surface area contributed by atoms with Gasteiger partial charge in [0, 0.05) is 25.2 Å². The van der Waals surface area contributed by atoms with Crippen molar-refractivity contribution < 1.29 is 13.2 Å². The summed E-state index contributed by atoms with van der Waals surface area (Å²) < 4.78 is 23.3. The second-order valence-electron chi connectivity index (χ2n) is 5.72. The van der Waals surface area contributed by atoms with E-state index in [-0.39, 0.29) is 23.5 Å². The van der Waals surface area contributed by atoms with Crippen LogP contribution < -0.4 is 5.32 Å². The predicted octanol–water partition coefficient (Wildman–Crippen LogP) is 1.34. The summed E-state index contributed by atoms with van der Waals surface area (Å²) >= 11 is 0. The number of anilines is 1. The number of hydrogen-bond acceptors (Lipinski definition) is 6. The van der Waals surface area contributed by atoms with Crippen molar-refractivity contribution >= 4 is 21.6 Å². The second-order valence-corrected chi connectivity index (χ2v) is 7.95. The first-order valence-corrected chi connectivity index (χ1v) is 9.86. The minimum Gasteiger partial charge on any atom is -0.370 e. The van der Waals surface area contributed by atoms with E-state index in [2.05, 4.69) is 22.2 Å². The van der Waals surface area contributed by atoms with Crippen molar-refractivity contribution in [2.45, 2.75) is 39.2 Å². The molecule has 0 bridgehead atoms. The Labute approximate surface area is 137 Å². The molecule has 8 heteroatoms. The van der Waals surface area contributed by atoms with E-state index < -0.39 is 9.84 Å². The van der Waals surface area contributed by atoms with Crippen LogP contribution in [0.3, 0.4) is 0 Å². The molecule has 1 fully saturated rings. The molecule has 1 aliphatic heterocycles. The molecule has 23 heavy (non-hydrogen) atoms. The van der Waals surface area contributed by atoms with Gasteiger partial charge in [0.05, 0.1) is 11.5 Å². The van der Waals surface area contributed by atoms with Crippen LogP contribution in [0, 0.1) is 0 Å². The SMILES string of the molecule is CCCCNc1cc(C(=O)N(CC)C2CCS(=O)(=O)C2)ncn1. The fraction of sp³-hybridized carbons (Fsp3) is 0.667. The number of amides is 1. The van der Waals surface area contributed by atoms with E-state index in [1.54, 1.807) is 11.0 Å². The van der Waals surface area contributed by atoms with Crippen molar-refractivity contribution in [3.63, 3.8) is 0 Å². The smallest absolute Gasteiger partial charge is 0.272 e. The molecule has 7 nitrogen and oxygen atoms in total. The highest BCUT2D eigenvalue weighted by Crippen LogP contribution is 2.19. The van der Waals surface area contributed by atoms with Gasteiger partial charge < -0.3 is 10.2 Å². The molecule has 1 aromatic heterocycles. The number of carbonyl (C=O) groups is 1. The summed E-state index contributed by atoms with van der Waals surface area (Å²) in [5.74, 6) is 0.566. The first-order valence-electron chi connectivity index (χ1n) is 8.04. The number of nitrogens with one attached hydrogen (secondary N) is 1. The van der Waals surface area contributed by atoms with Gasteiger partial charge in [0.1, 0.15) is 17.8 Å². The van der Waals surface area contributed by atoms with Gasteiger partial charge in [0.25, 0.3) is 5.91 Å². The van der Waals surface area contributed by atoms with Gasteiger partial charge in [-0.15, -0.1) is 0 Å². The quantitative estimate of drug-likeness (QED) is 0.753. The van der Waals surface area contributed by atoms with E-state index in [0.717, 1.165) is 19.4 Å². The molecule has 1 atom stereocenters. The third kappa shape index (κ3) is 4.63. The van der Waals surface area contributed by atoms with Crippen LogP contribution >= 0.6 is 0 Å². The summed E-state index contributed by atoms with van der Waals surface area (Å²) in [5.41, 5.74) is 0.296. The van der Waals surface area contributed by atoms with Crippen LogP contribution in [-0.4, -0.2) is 59.8 Å². The molecule has 0 spiro atoms. The van der Waals surface area contributed by atoms with Crippen molar-refractivity contribution in [2.24, 2.45) is 0 Å². The van der Waals surface area contributed by atoms with Crippen LogP contribution in [0.1, 0.15) is 43.6 Å². The molecule has 0 aromatic carbocycles. The van der Waals surface area contributed by atoms with Crippen LogP contribution in [0.4, 0.5) is 5.82 Å². The highest BCUT2D eigenvalue weighted by Gasteiger charge is 2.34. The highest BCUT2D eigenvalue weighted by molar-refractivity contribution is 7.91. The summed E-state index contributed by atoms with van der Waals surface area (Å²) in [6.07, 6.45) is 3.95. The van der Waals surface area contributed by atoms with Crippen LogP contribution in [0.5, 0.6) is 0 Å². The third-order valence-electron chi connectivity index (χ3n) is 3.97. The zero-order chi connectivity index (χ0) is 16.9. The number of nitrogens with zero attached hydrogens (tertiary/aromatic N) is 3. The molecule has 0 saturated carbocycles. The normalized spacial score (nSPS) is 19.5. The maximum Gasteiger partial charge on any atom is 0.272 e. The molecule has 2 heterocycles. The maximum absolute atomic E-state index is 12.7. The Bertz CT molecular complexity index is 648. The van der Waals surface area contributed by atoms with Gasteiger partial charge in [-0.25, -0.2) is 18.4 Å². The van der Waals surface area contributed by atoms with E-state index in [1.165, 1.54) is 6.33 Å². The van der Waals surface area contributed by atoms with E-state index in [4.69, 9.17) is 0 Å². The molecule has 0 aliphatic carbocycles. The lowest BCUT2D eigenvalue weighted by molar-refractivity contribution is 0.0702. The number of carbonyl (C=O) groups excluding carboxylic acids is 1. The third-order valence-corrected chi connectivity index (χ3v) is 5.72. The van der Waals surface area contributed by atoms with E-state index in [1.807, 2.05) is 6.92 Å². The van der Waals surface area contributed by atoms with Crippen LogP contribution in [0.2, 0.25) is 0 Å². The number of hydrogen-bond donors (Lipinski definition) is 1. The van der Waals surface area contributed by atoms with Gasteiger partial charge in [0.2, 0.25) is 0 Å². The van der Waals surface area contributed by atoms with Gasteiger partial charge in [0.15, 0.2) is 9.84 Å². The topological polar surface area (TPSA) is 92.3 Å². The lowest BCUT2D eigenvalue weighted by Gasteiger charge is -2.26. The van der Waals surface area contributed by atoms with Crippen LogP contribution in [0.25, 0.3) is 0 Å². The van der Waals surface area contributed by atoms with Crippen molar-refractivity contribution in [1.29, 1.82) is 0 Å². The molecule has 0 radical (unpaired) electrons. The summed E-state index contributed by atoms with van der Waals surface area (Å²) in [5, 5.41) is 3.16. The largest absolute Gasteiger partial charge is 0.370 e. The second kappa shape index (κ2) is 7.72. The minimum atomic E-state index is -3.03. The van der Waals surface area contributed by atoms with Gasteiger partial charge in [-0.2, -0.15) is 0 Å². The van der Waals surface area contributed by atoms with Crippen molar-refractivity contribution in [2.75, 3.05) is 29.9 Å². The average Bonchev–Trinajstić information content (AvgIpc) is 2.88. The van der Waals surface area contributed by atoms with Gasteiger partial charge >= 0.3 is 0 Å². The van der Waals surface area contributed by atoms with Crippen molar-refractivity contribution in [1.82, 2.24) is 14.9 Å². The first-order chi connectivity index (χ1) is 11.0. The number of rotatable bonds is 7. The standard InChI is InChI=1S/C15H24N4O3S/c1-3-5-7-16-14-9-13(17-11-18-14)15(20)19(4-2)12-6-8-23(21,22)10-12/h9,11-12H,3-8,10H2,1-2H3,(H,16,17,18). The Morgan fingerprint density at radius 2 is 2.17 bits per heavy atom. The Morgan fingerprint density at radius 3 is 2.78 bits per heavy atom. The highest BCUT2D eigenvalue weighted by atomic mass is 32.2. The molecule has 128 valence electrons.